The highest BCUT2D eigenvalue weighted by atomic mass is 35.5. The van der Waals surface area contributed by atoms with Crippen LogP contribution in [0.1, 0.15) is 27.5 Å². The van der Waals surface area contributed by atoms with Crippen molar-refractivity contribution in [2.75, 3.05) is 19.1 Å². The molecule has 0 fully saturated rings. The molecule has 0 aliphatic heterocycles. The number of rotatable bonds is 4. The minimum Gasteiger partial charge on any atom is -0.465 e. The third kappa shape index (κ3) is 2.91. The smallest absolute Gasteiger partial charge is 0.351 e. The van der Waals surface area contributed by atoms with Gasteiger partial charge in [0.05, 0.1) is 13.2 Å². The maximum absolute atomic E-state index is 11.5. The van der Waals surface area contributed by atoms with Gasteiger partial charge < -0.3 is 9.64 Å². The van der Waals surface area contributed by atoms with Crippen LogP contribution in [-0.4, -0.2) is 25.1 Å². The number of thiophene rings is 1. The van der Waals surface area contributed by atoms with Crippen molar-refractivity contribution < 1.29 is 9.53 Å². The molecule has 7 heteroatoms. The lowest BCUT2D eigenvalue weighted by Gasteiger charge is -2.23. The number of nitrogens with zero attached hydrogens (tertiary/aromatic N) is 2. The highest BCUT2D eigenvalue weighted by Gasteiger charge is 2.22. The molecule has 4 nitrogen and oxygen atoms in total. The first-order valence-electron chi connectivity index (χ1n) is 5.55. The summed E-state index contributed by atoms with van der Waals surface area (Å²) in [5.74, 6) is -0.453. The average Bonchev–Trinajstić information content (AvgIpc) is 3.05. The zero-order chi connectivity index (χ0) is 14.0. The molecular formula is C12H13ClN2O2S2. The van der Waals surface area contributed by atoms with E-state index in [2.05, 4.69) is 22.7 Å². The molecule has 0 aliphatic carbocycles. The predicted molar refractivity (Wildman–Crippen MR) is 79.6 cm³/mol. The van der Waals surface area contributed by atoms with Crippen molar-refractivity contribution in [2.24, 2.45) is 0 Å². The van der Waals surface area contributed by atoms with Crippen LogP contribution >= 0.6 is 34.3 Å². The largest absolute Gasteiger partial charge is 0.465 e. The topological polar surface area (TPSA) is 42.4 Å². The minimum absolute atomic E-state index is 0.174. The minimum atomic E-state index is -0.453. The molecule has 2 aromatic heterocycles. The molecule has 2 heterocycles. The lowest BCUT2D eigenvalue weighted by molar-refractivity contribution is 0.0606. The van der Waals surface area contributed by atoms with E-state index in [1.807, 2.05) is 23.4 Å². The molecule has 0 saturated heterocycles. The van der Waals surface area contributed by atoms with Gasteiger partial charge in [-0.2, -0.15) is 0 Å². The van der Waals surface area contributed by atoms with Crippen LogP contribution in [0.5, 0.6) is 0 Å². The molecule has 0 aliphatic rings. The van der Waals surface area contributed by atoms with Gasteiger partial charge >= 0.3 is 5.97 Å². The molecule has 1 unspecified atom stereocenters. The molecule has 102 valence electrons. The normalized spacial score (nSPS) is 12.2. The third-order valence-electron chi connectivity index (χ3n) is 2.78. The fourth-order valence-corrected chi connectivity index (χ4v) is 3.61. The zero-order valence-electron chi connectivity index (χ0n) is 10.7. The van der Waals surface area contributed by atoms with Crippen LogP contribution in [0.2, 0.25) is 5.15 Å². The van der Waals surface area contributed by atoms with E-state index in [-0.39, 0.29) is 11.2 Å². The first-order chi connectivity index (χ1) is 9.04. The van der Waals surface area contributed by atoms with E-state index in [4.69, 9.17) is 11.6 Å². The number of carbonyl (C=O) groups is 1. The van der Waals surface area contributed by atoms with E-state index < -0.39 is 5.97 Å². The maximum Gasteiger partial charge on any atom is 0.351 e. The molecular weight excluding hydrogens is 304 g/mol. The summed E-state index contributed by atoms with van der Waals surface area (Å²) < 4.78 is 4.67. The van der Waals surface area contributed by atoms with Crippen molar-refractivity contribution >= 4 is 45.4 Å². The third-order valence-corrected chi connectivity index (χ3v) is 5.34. The summed E-state index contributed by atoms with van der Waals surface area (Å²) in [5, 5.41) is 2.93. The van der Waals surface area contributed by atoms with Crippen LogP contribution < -0.4 is 4.90 Å². The Kier molecular flexibility index (Phi) is 4.44. The number of hydrogen-bond donors (Lipinski definition) is 0. The molecule has 0 bridgehead atoms. The standard InChI is InChI=1S/C12H13ClN2O2S2/c1-7(8-5-4-6-18-8)15(2)12-14-10(13)9(19-12)11(16)17-3/h4-7H,1-3H3. The van der Waals surface area contributed by atoms with E-state index in [1.54, 1.807) is 11.3 Å². The van der Waals surface area contributed by atoms with Gasteiger partial charge in [0.1, 0.15) is 0 Å². The SMILES string of the molecule is COC(=O)c1sc(N(C)C(C)c2cccs2)nc1Cl. The number of esters is 1. The maximum atomic E-state index is 11.5. The number of halogens is 1. The predicted octanol–water partition coefficient (Wildman–Crippen LogP) is 3.84. The Morgan fingerprint density at radius 3 is 2.89 bits per heavy atom. The molecule has 2 aromatic rings. The summed E-state index contributed by atoms with van der Waals surface area (Å²) in [6.07, 6.45) is 0. The molecule has 0 amide bonds. The molecule has 0 saturated carbocycles. The summed E-state index contributed by atoms with van der Waals surface area (Å²) in [6.45, 7) is 2.08. The Morgan fingerprint density at radius 1 is 1.58 bits per heavy atom. The second-order valence-corrected chi connectivity index (χ2v) is 6.23. The highest BCUT2D eigenvalue weighted by molar-refractivity contribution is 7.18. The molecule has 0 radical (unpaired) electrons. The zero-order valence-corrected chi connectivity index (χ0v) is 13.1. The molecule has 1 atom stereocenters. The van der Waals surface area contributed by atoms with Gasteiger partial charge in [0.2, 0.25) is 0 Å². The number of ether oxygens (including phenoxy) is 1. The van der Waals surface area contributed by atoms with Crippen molar-refractivity contribution in [2.45, 2.75) is 13.0 Å². The van der Waals surface area contributed by atoms with Crippen molar-refractivity contribution in [3.8, 4) is 0 Å². The first-order valence-corrected chi connectivity index (χ1v) is 7.63. The van der Waals surface area contributed by atoms with Crippen LogP contribution in [0.4, 0.5) is 5.13 Å². The van der Waals surface area contributed by atoms with E-state index >= 15 is 0 Å². The first kappa shape index (κ1) is 14.3. The molecule has 2 rings (SSSR count). The summed E-state index contributed by atoms with van der Waals surface area (Å²) >= 11 is 8.89. The second-order valence-electron chi connectivity index (χ2n) is 3.91. The van der Waals surface area contributed by atoms with Gasteiger partial charge in [0.25, 0.3) is 0 Å². The highest BCUT2D eigenvalue weighted by Crippen LogP contribution is 2.34. The Bertz CT molecular complexity index is 568. The van der Waals surface area contributed by atoms with Gasteiger partial charge in [-0.15, -0.1) is 11.3 Å². The lowest BCUT2D eigenvalue weighted by atomic mass is 10.2. The van der Waals surface area contributed by atoms with Crippen molar-refractivity contribution in [1.29, 1.82) is 0 Å². The Labute approximate surface area is 124 Å². The molecule has 0 spiro atoms. The van der Waals surface area contributed by atoms with Crippen LogP contribution in [0.25, 0.3) is 0 Å². The van der Waals surface area contributed by atoms with Crippen molar-refractivity contribution in [1.82, 2.24) is 4.98 Å². The summed E-state index contributed by atoms with van der Waals surface area (Å²) in [4.78, 5) is 19.3. The van der Waals surface area contributed by atoms with Gasteiger partial charge in [-0.3, -0.25) is 0 Å². The Balaban J connectivity index is 2.25. The van der Waals surface area contributed by atoms with Crippen molar-refractivity contribution in [3.63, 3.8) is 0 Å². The van der Waals surface area contributed by atoms with E-state index in [0.29, 0.717) is 10.0 Å². The lowest BCUT2D eigenvalue weighted by Crippen LogP contribution is -2.20. The van der Waals surface area contributed by atoms with E-state index in [9.17, 15) is 4.79 Å². The van der Waals surface area contributed by atoms with Gasteiger partial charge in [-0.25, -0.2) is 9.78 Å². The fourth-order valence-electron chi connectivity index (χ4n) is 1.55. The van der Waals surface area contributed by atoms with Gasteiger partial charge in [0.15, 0.2) is 15.2 Å². The second kappa shape index (κ2) is 5.90. The number of thiazole rings is 1. The number of anilines is 1. The molecule has 19 heavy (non-hydrogen) atoms. The number of hydrogen-bond acceptors (Lipinski definition) is 6. The fraction of sp³-hybridized carbons (Fsp3) is 0.333. The Hall–Kier alpha value is -1.11. The number of methoxy groups -OCH3 is 1. The molecule has 0 aromatic carbocycles. The van der Waals surface area contributed by atoms with Crippen LogP contribution in [0.3, 0.4) is 0 Å². The van der Waals surface area contributed by atoms with Crippen molar-refractivity contribution in [3.05, 3.63) is 32.4 Å². The number of aromatic nitrogens is 1. The van der Waals surface area contributed by atoms with Gasteiger partial charge in [-0.1, -0.05) is 29.0 Å². The van der Waals surface area contributed by atoms with E-state index in [0.717, 1.165) is 0 Å². The van der Waals surface area contributed by atoms with Crippen LogP contribution in [-0.2, 0) is 4.74 Å². The van der Waals surface area contributed by atoms with Crippen LogP contribution in [0, 0.1) is 0 Å². The van der Waals surface area contributed by atoms with E-state index in [1.165, 1.54) is 23.3 Å². The van der Waals surface area contributed by atoms with Gasteiger partial charge in [0, 0.05) is 11.9 Å². The summed E-state index contributed by atoms with van der Waals surface area (Å²) in [6, 6.07) is 4.26. The summed E-state index contributed by atoms with van der Waals surface area (Å²) in [5.41, 5.74) is 0. The monoisotopic (exact) mass is 316 g/mol. The average molecular weight is 317 g/mol. The number of carbonyl (C=O) groups excluding carboxylic acids is 1. The Morgan fingerprint density at radius 2 is 2.32 bits per heavy atom. The molecule has 0 N–H and O–H groups in total. The van der Waals surface area contributed by atoms with Crippen LogP contribution in [0.15, 0.2) is 17.5 Å². The quantitative estimate of drug-likeness (QED) is 0.804. The summed E-state index contributed by atoms with van der Waals surface area (Å²) in [7, 11) is 3.26. The van der Waals surface area contributed by atoms with Gasteiger partial charge in [-0.05, 0) is 18.4 Å².